The van der Waals surface area contributed by atoms with E-state index in [1.165, 1.54) is 29.2 Å². The minimum absolute atomic E-state index is 0.0161. The molecule has 0 aliphatic rings. The maximum atomic E-state index is 14.1. The molecule has 0 fully saturated rings. The minimum atomic E-state index is -4.14. The molecule has 0 saturated heterocycles. The number of rotatable bonds is 13. The van der Waals surface area contributed by atoms with Gasteiger partial charge in [-0.05, 0) is 68.1 Å². The fourth-order valence-corrected chi connectivity index (χ4v) is 6.01. The van der Waals surface area contributed by atoms with E-state index >= 15 is 0 Å². The van der Waals surface area contributed by atoms with Gasteiger partial charge in [-0.2, -0.15) is 0 Å². The molecule has 0 radical (unpaired) electrons. The number of para-hydroxylation sites is 1. The van der Waals surface area contributed by atoms with Gasteiger partial charge >= 0.3 is 0 Å². The van der Waals surface area contributed by atoms with Crippen LogP contribution in [-0.2, 0) is 26.2 Å². The van der Waals surface area contributed by atoms with Crippen molar-refractivity contribution in [2.45, 2.75) is 64.4 Å². The fraction of sp³-hybridized carbons (Fsp3) is 0.355. The second-order valence-electron chi connectivity index (χ2n) is 9.83. The van der Waals surface area contributed by atoms with Crippen molar-refractivity contribution in [3.05, 3.63) is 94.5 Å². The SMILES string of the molecule is CCCCNC(=O)[C@@H](CC)N(Cc1ccc(C)cc1)C(=O)CN(c1ccccc1C)S(=O)(=O)c1ccc(Cl)cc1. The van der Waals surface area contributed by atoms with E-state index in [-0.39, 0.29) is 17.3 Å². The van der Waals surface area contributed by atoms with Crippen LogP contribution in [0.15, 0.2) is 77.7 Å². The average Bonchev–Trinajstić information content (AvgIpc) is 2.93. The number of nitrogens with one attached hydrogen (secondary N) is 1. The molecule has 1 atom stereocenters. The lowest BCUT2D eigenvalue weighted by molar-refractivity contribution is -0.140. The summed E-state index contributed by atoms with van der Waals surface area (Å²) in [5.41, 5.74) is 3.01. The summed E-state index contributed by atoms with van der Waals surface area (Å²) in [4.78, 5) is 28.9. The van der Waals surface area contributed by atoms with Gasteiger partial charge in [0.05, 0.1) is 10.6 Å². The Balaban J connectivity index is 2.04. The van der Waals surface area contributed by atoms with Crippen molar-refractivity contribution in [3.63, 3.8) is 0 Å². The highest BCUT2D eigenvalue weighted by atomic mass is 35.5. The van der Waals surface area contributed by atoms with Crippen LogP contribution in [0.3, 0.4) is 0 Å². The first kappa shape index (κ1) is 31.2. The predicted molar refractivity (Wildman–Crippen MR) is 161 cm³/mol. The summed E-state index contributed by atoms with van der Waals surface area (Å²) in [5, 5.41) is 3.35. The van der Waals surface area contributed by atoms with E-state index in [4.69, 9.17) is 11.6 Å². The van der Waals surface area contributed by atoms with Gasteiger partial charge in [0, 0.05) is 18.1 Å². The van der Waals surface area contributed by atoms with E-state index in [0.717, 1.165) is 28.3 Å². The normalized spacial score (nSPS) is 12.0. The number of hydrogen-bond donors (Lipinski definition) is 1. The van der Waals surface area contributed by atoms with Crippen molar-refractivity contribution in [1.29, 1.82) is 0 Å². The van der Waals surface area contributed by atoms with Crippen molar-refractivity contribution < 1.29 is 18.0 Å². The number of carbonyl (C=O) groups is 2. The summed E-state index contributed by atoms with van der Waals surface area (Å²) < 4.78 is 29.0. The largest absolute Gasteiger partial charge is 0.354 e. The molecule has 40 heavy (non-hydrogen) atoms. The molecule has 3 aromatic carbocycles. The highest BCUT2D eigenvalue weighted by molar-refractivity contribution is 7.92. The van der Waals surface area contributed by atoms with Crippen molar-refractivity contribution in [1.82, 2.24) is 10.2 Å². The molecule has 9 heteroatoms. The lowest BCUT2D eigenvalue weighted by Crippen LogP contribution is -2.52. The topological polar surface area (TPSA) is 86.8 Å². The Morgan fingerprint density at radius 3 is 2.17 bits per heavy atom. The Morgan fingerprint density at radius 2 is 1.57 bits per heavy atom. The van der Waals surface area contributed by atoms with Crippen LogP contribution in [0.25, 0.3) is 0 Å². The number of benzene rings is 3. The summed E-state index contributed by atoms with van der Waals surface area (Å²) in [6, 6.07) is 19.8. The third-order valence-electron chi connectivity index (χ3n) is 6.75. The number of anilines is 1. The first-order valence-corrected chi connectivity index (χ1v) is 15.4. The molecule has 2 amide bonds. The van der Waals surface area contributed by atoms with Crippen LogP contribution in [0.5, 0.6) is 0 Å². The Bertz CT molecular complexity index is 1390. The fourth-order valence-electron chi connectivity index (χ4n) is 4.41. The van der Waals surface area contributed by atoms with Crippen molar-refractivity contribution in [3.8, 4) is 0 Å². The van der Waals surface area contributed by atoms with Gasteiger partial charge in [-0.3, -0.25) is 13.9 Å². The molecule has 3 aromatic rings. The zero-order valence-corrected chi connectivity index (χ0v) is 25.1. The molecule has 214 valence electrons. The number of halogens is 1. The molecule has 0 bridgehead atoms. The third kappa shape index (κ3) is 7.86. The summed E-state index contributed by atoms with van der Waals surface area (Å²) in [6.45, 7) is 7.87. The molecule has 0 aliphatic carbocycles. The number of sulfonamides is 1. The van der Waals surface area contributed by atoms with E-state index in [1.54, 1.807) is 25.1 Å². The molecule has 3 rings (SSSR count). The number of unbranched alkanes of at least 4 members (excludes halogenated alkanes) is 1. The molecule has 0 saturated carbocycles. The average molecular weight is 584 g/mol. The van der Waals surface area contributed by atoms with E-state index < -0.39 is 28.5 Å². The molecular weight excluding hydrogens is 546 g/mol. The van der Waals surface area contributed by atoms with Gasteiger partial charge in [0.2, 0.25) is 11.8 Å². The second kappa shape index (κ2) is 14.3. The van der Waals surface area contributed by atoms with E-state index in [9.17, 15) is 18.0 Å². The first-order valence-electron chi connectivity index (χ1n) is 13.5. The number of nitrogens with zero attached hydrogens (tertiary/aromatic N) is 2. The summed E-state index contributed by atoms with van der Waals surface area (Å²) in [6.07, 6.45) is 2.13. The molecule has 1 N–H and O–H groups in total. The van der Waals surface area contributed by atoms with Crippen molar-refractivity contribution in [2.24, 2.45) is 0 Å². The molecule has 7 nitrogen and oxygen atoms in total. The van der Waals surface area contributed by atoms with Crippen molar-refractivity contribution >= 4 is 39.1 Å². The van der Waals surface area contributed by atoms with Crippen LogP contribution in [0, 0.1) is 13.8 Å². The smallest absolute Gasteiger partial charge is 0.264 e. The van der Waals surface area contributed by atoms with Crippen molar-refractivity contribution in [2.75, 3.05) is 17.4 Å². The minimum Gasteiger partial charge on any atom is -0.354 e. The number of carbonyl (C=O) groups excluding carboxylic acids is 2. The Labute approximate surface area is 243 Å². The summed E-state index contributed by atoms with van der Waals surface area (Å²) in [5.74, 6) is -0.724. The van der Waals surface area contributed by atoms with E-state index in [0.29, 0.717) is 29.2 Å². The number of hydrogen-bond acceptors (Lipinski definition) is 4. The zero-order chi connectivity index (χ0) is 29.3. The molecule has 0 aromatic heterocycles. The quantitative estimate of drug-likeness (QED) is 0.255. The van der Waals surface area contributed by atoms with Crippen LogP contribution in [-0.4, -0.2) is 44.3 Å². The van der Waals surface area contributed by atoms with Crippen LogP contribution in [0.1, 0.15) is 49.8 Å². The van der Waals surface area contributed by atoms with Gasteiger partial charge in [0.1, 0.15) is 12.6 Å². The molecule has 0 aliphatic heterocycles. The van der Waals surface area contributed by atoms with E-state index in [2.05, 4.69) is 5.32 Å². The van der Waals surface area contributed by atoms with Crippen LogP contribution < -0.4 is 9.62 Å². The Hall–Kier alpha value is -3.36. The molecule has 0 spiro atoms. The van der Waals surface area contributed by atoms with Gasteiger partial charge in [-0.25, -0.2) is 8.42 Å². The zero-order valence-electron chi connectivity index (χ0n) is 23.6. The van der Waals surface area contributed by atoms with Gasteiger partial charge in [0.15, 0.2) is 0 Å². The summed E-state index contributed by atoms with van der Waals surface area (Å²) in [7, 11) is -4.14. The standard InChI is InChI=1S/C31H38ClN3O4S/c1-5-7-20-33-31(37)28(6-2)34(21-25-14-12-23(3)13-15-25)30(36)22-35(29-11-9-8-10-24(29)4)40(38,39)27-18-16-26(32)17-19-27/h8-19,28H,5-7,20-22H2,1-4H3,(H,33,37)/t28-/m1/s1. The van der Waals surface area contributed by atoms with Gasteiger partial charge in [-0.15, -0.1) is 0 Å². The number of aryl methyl sites for hydroxylation is 2. The van der Waals surface area contributed by atoms with Crippen LogP contribution in [0.4, 0.5) is 5.69 Å². The highest BCUT2D eigenvalue weighted by Crippen LogP contribution is 2.28. The lowest BCUT2D eigenvalue weighted by atomic mass is 10.1. The Kier molecular flexibility index (Phi) is 11.2. The monoisotopic (exact) mass is 583 g/mol. The predicted octanol–water partition coefficient (Wildman–Crippen LogP) is 5.88. The molecule has 0 unspecified atom stereocenters. The third-order valence-corrected chi connectivity index (χ3v) is 8.78. The summed E-state index contributed by atoms with van der Waals surface area (Å²) >= 11 is 6.01. The molecular formula is C31H38ClN3O4S. The maximum absolute atomic E-state index is 14.1. The number of amides is 2. The highest BCUT2D eigenvalue weighted by Gasteiger charge is 2.34. The first-order chi connectivity index (χ1) is 19.1. The van der Waals surface area contributed by atoms with E-state index in [1.807, 2.05) is 51.1 Å². The molecule has 0 heterocycles. The van der Waals surface area contributed by atoms with Crippen LogP contribution >= 0.6 is 11.6 Å². The van der Waals surface area contributed by atoms with Crippen LogP contribution in [0.2, 0.25) is 5.02 Å². The Morgan fingerprint density at radius 1 is 0.925 bits per heavy atom. The van der Waals surface area contributed by atoms with Gasteiger partial charge in [0.25, 0.3) is 10.0 Å². The maximum Gasteiger partial charge on any atom is 0.264 e. The van der Waals surface area contributed by atoms with Gasteiger partial charge < -0.3 is 10.2 Å². The van der Waals surface area contributed by atoms with Gasteiger partial charge in [-0.1, -0.05) is 79.9 Å². The lowest BCUT2D eigenvalue weighted by Gasteiger charge is -2.33. The second-order valence-corrected chi connectivity index (χ2v) is 12.1.